The van der Waals surface area contributed by atoms with Crippen LogP contribution < -0.4 is 16.0 Å². The molecule has 0 radical (unpaired) electrons. The molecule has 0 fully saturated rings. The van der Waals surface area contributed by atoms with E-state index in [0.717, 1.165) is 27.1 Å². The quantitative estimate of drug-likeness (QED) is 0.821. The highest BCUT2D eigenvalue weighted by molar-refractivity contribution is 9.10. The topological polar surface area (TPSA) is 41.3 Å². The lowest BCUT2D eigenvalue weighted by Gasteiger charge is -2.20. The van der Waals surface area contributed by atoms with Crippen LogP contribution in [0.2, 0.25) is 0 Å². The van der Waals surface area contributed by atoms with Crippen LogP contribution in [0, 0.1) is 0 Å². The van der Waals surface area contributed by atoms with Crippen LogP contribution in [0.4, 0.5) is 17.1 Å². The summed E-state index contributed by atoms with van der Waals surface area (Å²) in [5.41, 5.74) is 9.63. The van der Waals surface area contributed by atoms with Crippen molar-refractivity contribution in [2.75, 3.05) is 24.3 Å². The molecule has 0 aliphatic carbocycles. The minimum absolute atomic E-state index is 0.363. The summed E-state index contributed by atoms with van der Waals surface area (Å²) in [5.74, 6) is 0. The molecule has 0 atom stereocenters. The summed E-state index contributed by atoms with van der Waals surface area (Å²) in [5, 5.41) is 3.41. The molecule has 20 heavy (non-hydrogen) atoms. The number of halogens is 1. The summed E-state index contributed by atoms with van der Waals surface area (Å²) < 4.78 is 0.886. The Balaban J connectivity index is 2.46. The fraction of sp³-hybridized carbons (Fsp3) is 0.133. The molecule has 0 unspecified atom stereocenters. The molecule has 104 valence electrons. The average molecular weight is 350 g/mol. The standard InChI is InChI=1S/C15H16BrN3S/c1-19(2)13-9-4-3-7-11(13)18-12-8-5-6-10(16)14(12)15(17)20/h3-9,18H,1-2H3,(H2,17,20). The monoisotopic (exact) mass is 349 g/mol. The summed E-state index contributed by atoms with van der Waals surface area (Å²) in [6.45, 7) is 0. The van der Waals surface area contributed by atoms with E-state index in [4.69, 9.17) is 18.0 Å². The lowest BCUT2D eigenvalue weighted by Crippen LogP contribution is -2.14. The number of anilines is 3. The average Bonchev–Trinajstić information content (AvgIpc) is 2.38. The van der Waals surface area contributed by atoms with Gasteiger partial charge in [0.25, 0.3) is 0 Å². The fourth-order valence-corrected chi connectivity index (χ4v) is 2.92. The largest absolute Gasteiger partial charge is 0.389 e. The summed E-state index contributed by atoms with van der Waals surface area (Å²) in [6.07, 6.45) is 0. The number of nitrogens with zero attached hydrogens (tertiary/aromatic N) is 1. The number of thiocarbonyl (C=S) groups is 1. The van der Waals surface area contributed by atoms with Crippen LogP contribution in [0.5, 0.6) is 0 Å². The Morgan fingerprint density at radius 1 is 1.10 bits per heavy atom. The number of benzene rings is 2. The second-order valence-corrected chi connectivity index (χ2v) is 5.86. The molecule has 0 heterocycles. The maximum atomic E-state index is 5.82. The molecular weight excluding hydrogens is 334 g/mol. The van der Waals surface area contributed by atoms with Gasteiger partial charge in [-0.2, -0.15) is 0 Å². The first kappa shape index (κ1) is 14.8. The van der Waals surface area contributed by atoms with E-state index in [1.54, 1.807) is 0 Å². The zero-order valence-electron chi connectivity index (χ0n) is 11.4. The van der Waals surface area contributed by atoms with Crippen LogP contribution in [0.15, 0.2) is 46.9 Å². The highest BCUT2D eigenvalue weighted by Gasteiger charge is 2.11. The number of nitrogens with two attached hydrogens (primary N) is 1. The highest BCUT2D eigenvalue weighted by atomic mass is 79.9. The Morgan fingerprint density at radius 2 is 1.75 bits per heavy atom. The van der Waals surface area contributed by atoms with Gasteiger partial charge in [0.05, 0.1) is 11.4 Å². The van der Waals surface area contributed by atoms with Crippen molar-refractivity contribution < 1.29 is 0 Å². The molecule has 0 aromatic heterocycles. The molecule has 0 aliphatic heterocycles. The van der Waals surface area contributed by atoms with Crippen molar-refractivity contribution in [2.24, 2.45) is 5.73 Å². The van der Waals surface area contributed by atoms with Gasteiger partial charge in [0.1, 0.15) is 4.99 Å². The van der Waals surface area contributed by atoms with Gasteiger partial charge in [-0.05, 0) is 40.2 Å². The minimum atomic E-state index is 0.363. The van der Waals surface area contributed by atoms with Gasteiger partial charge in [0.15, 0.2) is 0 Å². The van der Waals surface area contributed by atoms with Crippen molar-refractivity contribution in [3.63, 3.8) is 0 Å². The first-order valence-corrected chi connectivity index (χ1v) is 7.32. The number of hydrogen-bond acceptors (Lipinski definition) is 3. The third kappa shape index (κ3) is 3.11. The van der Waals surface area contributed by atoms with Gasteiger partial charge in [-0.15, -0.1) is 0 Å². The number of hydrogen-bond donors (Lipinski definition) is 2. The van der Waals surface area contributed by atoms with E-state index in [-0.39, 0.29) is 0 Å². The van der Waals surface area contributed by atoms with Gasteiger partial charge in [-0.25, -0.2) is 0 Å². The Labute approximate surface area is 132 Å². The summed E-state index contributed by atoms with van der Waals surface area (Å²) in [4.78, 5) is 2.42. The van der Waals surface area contributed by atoms with Crippen LogP contribution in [-0.2, 0) is 0 Å². The van der Waals surface area contributed by atoms with Crippen LogP contribution in [0.3, 0.4) is 0 Å². The SMILES string of the molecule is CN(C)c1ccccc1Nc1cccc(Br)c1C(N)=S. The van der Waals surface area contributed by atoms with Gasteiger partial charge < -0.3 is 16.0 Å². The summed E-state index contributed by atoms with van der Waals surface area (Å²) in [7, 11) is 4.02. The molecule has 0 aliphatic rings. The van der Waals surface area contributed by atoms with E-state index < -0.39 is 0 Å². The Hall–Kier alpha value is -1.59. The predicted molar refractivity (Wildman–Crippen MR) is 94.1 cm³/mol. The lowest BCUT2D eigenvalue weighted by molar-refractivity contribution is 1.13. The van der Waals surface area contributed by atoms with Gasteiger partial charge in [-0.1, -0.05) is 30.4 Å². The zero-order chi connectivity index (χ0) is 14.7. The Morgan fingerprint density at radius 3 is 2.40 bits per heavy atom. The maximum Gasteiger partial charge on any atom is 0.107 e. The molecule has 5 heteroatoms. The van der Waals surface area contributed by atoms with Crippen LogP contribution in [0.25, 0.3) is 0 Å². The van der Waals surface area contributed by atoms with Crippen molar-refractivity contribution in [1.82, 2.24) is 0 Å². The van der Waals surface area contributed by atoms with Gasteiger partial charge in [0.2, 0.25) is 0 Å². The molecule has 2 aromatic carbocycles. The van der Waals surface area contributed by atoms with Crippen LogP contribution in [0.1, 0.15) is 5.56 Å². The van der Waals surface area contributed by atoms with Crippen molar-refractivity contribution in [1.29, 1.82) is 0 Å². The second kappa shape index (κ2) is 6.24. The smallest absolute Gasteiger partial charge is 0.107 e. The molecule has 3 N–H and O–H groups in total. The second-order valence-electron chi connectivity index (χ2n) is 4.56. The first-order chi connectivity index (χ1) is 9.50. The number of nitrogens with one attached hydrogen (secondary N) is 1. The van der Waals surface area contributed by atoms with E-state index in [2.05, 4.69) is 32.2 Å². The van der Waals surface area contributed by atoms with E-state index in [1.807, 2.05) is 50.5 Å². The van der Waals surface area contributed by atoms with Crippen molar-refractivity contribution in [2.45, 2.75) is 0 Å². The molecule has 0 amide bonds. The fourth-order valence-electron chi connectivity index (χ4n) is 1.99. The van der Waals surface area contributed by atoms with E-state index in [1.165, 1.54) is 0 Å². The van der Waals surface area contributed by atoms with E-state index in [0.29, 0.717) is 4.99 Å². The molecule has 0 spiro atoms. The lowest BCUT2D eigenvalue weighted by atomic mass is 10.1. The number of rotatable bonds is 4. The Bertz CT molecular complexity index is 641. The van der Waals surface area contributed by atoms with Gasteiger partial charge in [0, 0.05) is 29.8 Å². The first-order valence-electron chi connectivity index (χ1n) is 6.12. The third-order valence-corrected chi connectivity index (χ3v) is 3.78. The van der Waals surface area contributed by atoms with Crippen molar-refractivity contribution in [3.8, 4) is 0 Å². The van der Waals surface area contributed by atoms with Gasteiger partial charge >= 0.3 is 0 Å². The molecule has 0 saturated heterocycles. The van der Waals surface area contributed by atoms with Crippen molar-refractivity contribution >= 4 is 50.2 Å². The summed E-state index contributed by atoms with van der Waals surface area (Å²) >= 11 is 8.63. The zero-order valence-corrected chi connectivity index (χ0v) is 13.8. The minimum Gasteiger partial charge on any atom is -0.389 e. The normalized spacial score (nSPS) is 10.2. The van der Waals surface area contributed by atoms with Crippen molar-refractivity contribution in [3.05, 3.63) is 52.5 Å². The van der Waals surface area contributed by atoms with E-state index >= 15 is 0 Å². The molecule has 0 bridgehead atoms. The summed E-state index contributed by atoms with van der Waals surface area (Å²) in [6, 6.07) is 13.9. The molecule has 2 aromatic rings. The van der Waals surface area contributed by atoms with Crippen LogP contribution >= 0.6 is 28.1 Å². The third-order valence-electron chi connectivity index (χ3n) is 2.92. The Kier molecular flexibility index (Phi) is 4.62. The highest BCUT2D eigenvalue weighted by Crippen LogP contribution is 2.31. The predicted octanol–water partition coefficient (Wildman–Crippen LogP) is 3.89. The number of para-hydroxylation sites is 2. The molecular formula is C15H16BrN3S. The van der Waals surface area contributed by atoms with Gasteiger partial charge in [-0.3, -0.25) is 0 Å². The van der Waals surface area contributed by atoms with E-state index in [9.17, 15) is 0 Å². The maximum absolute atomic E-state index is 5.82. The van der Waals surface area contributed by atoms with Crippen LogP contribution in [-0.4, -0.2) is 19.1 Å². The molecule has 0 saturated carbocycles. The molecule has 3 nitrogen and oxygen atoms in total. The molecule has 2 rings (SSSR count).